The lowest BCUT2D eigenvalue weighted by atomic mass is 9.99. The van der Waals surface area contributed by atoms with Crippen molar-refractivity contribution >= 4 is 17.5 Å². The predicted octanol–water partition coefficient (Wildman–Crippen LogP) is 1.43. The van der Waals surface area contributed by atoms with Crippen molar-refractivity contribution < 1.29 is 5.11 Å². The topological polar surface area (TPSA) is 88.8 Å². The molecule has 106 valence electrons. The predicted molar refractivity (Wildman–Crippen MR) is 73.9 cm³/mol. The number of nitrogens with one attached hydrogen (secondary N) is 1. The van der Waals surface area contributed by atoms with Crippen LogP contribution in [0.1, 0.15) is 25.7 Å². The third kappa shape index (κ3) is 2.59. The molecule has 0 spiro atoms. The summed E-state index contributed by atoms with van der Waals surface area (Å²) in [6, 6.07) is 1.77. The van der Waals surface area contributed by atoms with Crippen LogP contribution in [0.5, 0.6) is 0 Å². The normalized spacial score (nSPS) is 17.3. The van der Waals surface area contributed by atoms with Gasteiger partial charge in [0.2, 0.25) is 11.2 Å². The fourth-order valence-electron chi connectivity index (χ4n) is 2.50. The Morgan fingerprint density at radius 3 is 2.75 bits per heavy atom. The lowest BCUT2D eigenvalue weighted by Gasteiger charge is -2.27. The summed E-state index contributed by atoms with van der Waals surface area (Å²) in [5.74, 6) is 0.718. The van der Waals surface area contributed by atoms with Crippen molar-refractivity contribution in [3.8, 4) is 5.95 Å². The number of nitrogens with zero attached hydrogens (tertiary/aromatic N) is 5. The van der Waals surface area contributed by atoms with Crippen LogP contribution in [-0.2, 0) is 0 Å². The number of rotatable bonds is 4. The molecule has 7 nitrogen and oxygen atoms in total. The van der Waals surface area contributed by atoms with Gasteiger partial charge in [0.15, 0.2) is 0 Å². The average Bonchev–Trinajstić information content (AvgIpc) is 3.09. The van der Waals surface area contributed by atoms with Gasteiger partial charge in [0.25, 0.3) is 5.95 Å². The highest BCUT2D eigenvalue weighted by atomic mass is 35.5. The summed E-state index contributed by atoms with van der Waals surface area (Å²) in [5, 5.41) is 17.0. The molecule has 1 aliphatic rings. The van der Waals surface area contributed by atoms with Crippen molar-refractivity contribution in [3.05, 3.63) is 23.7 Å². The third-order valence-corrected chi connectivity index (χ3v) is 3.71. The van der Waals surface area contributed by atoms with E-state index >= 15 is 0 Å². The molecule has 0 bridgehead atoms. The first-order valence-corrected chi connectivity index (χ1v) is 6.89. The molecule has 1 aliphatic carbocycles. The largest absolute Gasteiger partial charge is 0.394 e. The van der Waals surface area contributed by atoms with Crippen LogP contribution < -0.4 is 5.32 Å². The number of aliphatic hydroxyl groups excluding tert-OH is 1. The molecule has 0 aliphatic heterocycles. The number of hydrogen-bond donors (Lipinski definition) is 2. The third-order valence-electron chi connectivity index (χ3n) is 3.55. The average molecular weight is 295 g/mol. The second-order valence-corrected chi connectivity index (χ2v) is 5.29. The molecule has 8 heteroatoms. The van der Waals surface area contributed by atoms with Crippen LogP contribution in [0.2, 0.25) is 5.28 Å². The molecule has 20 heavy (non-hydrogen) atoms. The van der Waals surface area contributed by atoms with Gasteiger partial charge in [0, 0.05) is 12.4 Å². The van der Waals surface area contributed by atoms with E-state index < -0.39 is 0 Å². The Hall–Kier alpha value is -1.73. The summed E-state index contributed by atoms with van der Waals surface area (Å²) in [6.07, 6.45) is 7.31. The molecule has 2 N–H and O–H groups in total. The number of halogens is 1. The van der Waals surface area contributed by atoms with Gasteiger partial charge in [0.1, 0.15) is 0 Å². The molecule has 0 amide bonds. The zero-order chi connectivity index (χ0) is 14.0. The zero-order valence-electron chi connectivity index (χ0n) is 10.8. The van der Waals surface area contributed by atoms with Gasteiger partial charge in [-0.15, -0.1) is 0 Å². The van der Waals surface area contributed by atoms with Crippen molar-refractivity contribution in [2.24, 2.45) is 0 Å². The van der Waals surface area contributed by atoms with E-state index in [1.54, 1.807) is 18.5 Å². The van der Waals surface area contributed by atoms with Gasteiger partial charge in [-0.25, -0.2) is 4.68 Å². The van der Waals surface area contributed by atoms with Crippen molar-refractivity contribution in [2.75, 3.05) is 11.9 Å². The number of aliphatic hydroxyl groups is 1. The smallest absolute Gasteiger partial charge is 0.256 e. The van der Waals surface area contributed by atoms with Gasteiger partial charge < -0.3 is 10.4 Å². The van der Waals surface area contributed by atoms with E-state index in [0.29, 0.717) is 11.9 Å². The van der Waals surface area contributed by atoms with Gasteiger partial charge in [-0.05, 0) is 30.5 Å². The molecule has 1 saturated carbocycles. The van der Waals surface area contributed by atoms with E-state index in [9.17, 15) is 5.11 Å². The van der Waals surface area contributed by atoms with Gasteiger partial charge >= 0.3 is 0 Å². The van der Waals surface area contributed by atoms with Crippen LogP contribution >= 0.6 is 11.6 Å². The molecule has 2 aromatic heterocycles. The molecule has 3 rings (SSSR count). The highest BCUT2D eigenvalue weighted by Crippen LogP contribution is 2.32. The van der Waals surface area contributed by atoms with Crippen molar-refractivity contribution in [1.29, 1.82) is 0 Å². The minimum atomic E-state index is -0.355. The van der Waals surface area contributed by atoms with Crippen LogP contribution in [0.3, 0.4) is 0 Å². The zero-order valence-corrected chi connectivity index (χ0v) is 11.6. The monoisotopic (exact) mass is 294 g/mol. The maximum absolute atomic E-state index is 9.62. The van der Waals surface area contributed by atoms with Crippen LogP contribution in [0, 0.1) is 0 Å². The molecule has 0 radical (unpaired) electrons. The van der Waals surface area contributed by atoms with Gasteiger partial charge in [-0.3, -0.25) is 0 Å². The molecular weight excluding hydrogens is 280 g/mol. The Morgan fingerprint density at radius 1 is 1.30 bits per heavy atom. The Balaban J connectivity index is 1.90. The summed E-state index contributed by atoms with van der Waals surface area (Å²) < 4.78 is 1.51. The fourth-order valence-corrected chi connectivity index (χ4v) is 2.65. The van der Waals surface area contributed by atoms with Crippen LogP contribution in [0.15, 0.2) is 18.5 Å². The Morgan fingerprint density at radius 2 is 2.10 bits per heavy atom. The van der Waals surface area contributed by atoms with Crippen molar-refractivity contribution in [2.45, 2.75) is 31.2 Å². The van der Waals surface area contributed by atoms with Crippen molar-refractivity contribution in [3.63, 3.8) is 0 Å². The molecule has 0 atom stereocenters. The summed E-state index contributed by atoms with van der Waals surface area (Å²) in [7, 11) is 0. The minimum absolute atomic E-state index is 0.0490. The molecule has 2 aromatic rings. The maximum Gasteiger partial charge on any atom is 0.256 e. The first-order valence-electron chi connectivity index (χ1n) is 6.51. The van der Waals surface area contributed by atoms with E-state index in [1.807, 2.05) is 0 Å². The Bertz CT molecular complexity index is 582. The second kappa shape index (κ2) is 5.34. The molecular formula is C12H15ClN6O. The molecule has 0 saturated heterocycles. The molecule has 1 fully saturated rings. The second-order valence-electron chi connectivity index (χ2n) is 4.95. The maximum atomic E-state index is 9.62. The molecule has 0 aromatic carbocycles. The summed E-state index contributed by atoms with van der Waals surface area (Å²) >= 11 is 5.94. The number of hydrogen-bond acceptors (Lipinski definition) is 6. The quantitative estimate of drug-likeness (QED) is 0.887. The first-order chi connectivity index (χ1) is 9.71. The van der Waals surface area contributed by atoms with Gasteiger partial charge in [-0.1, -0.05) is 12.8 Å². The van der Waals surface area contributed by atoms with Gasteiger partial charge in [-0.2, -0.15) is 20.1 Å². The highest BCUT2D eigenvalue weighted by Gasteiger charge is 2.34. The van der Waals surface area contributed by atoms with Gasteiger partial charge in [0.05, 0.1) is 12.1 Å². The van der Waals surface area contributed by atoms with E-state index in [2.05, 4.69) is 25.4 Å². The summed E-state index contributed by atoms with van der Waals surface area (Å²) in [4.78, 5) is 12.4. The Labute approximate surface area is 121 Å². The van der Waals surface area contributed by atoms with Crippen LogP contribution in [-0.4, -0.2) is 42.0 Å². The summed E-state index contributed by atoms with van der Waals surface area (Å²) in [6.45, 7) is 0.0490. The fraction of sp³-hybridized carbons (Fsp3) is 0.500. The van der Waals surface area contributed by atoms with Crippen LogP contribution in [0.4, 0.5) is 5.95 Å². The lowest BCUT2D eigenvalue weighted by molar-refractivity contribution is 0.213. The lowest BCUT2D eigenvalue weighted by Crippen LogP contribution is -2.39. The van der Waals surface area contributed by atoms with Crippen molar-refractivity contribution in [1.82, 2.24) is 24.7 Å². The van der Waals surface area contributed by atoms with E-state index in [4.69, 9.17) is 11.6 Å². The van der Waals surface area contributed by atoms with Crippen LogP contribution in [0.25, 0.3) is 5.95 Å². The number of aromatic nitrogens is 5. The standard InChI is InChI=1S/C12H15ClN6O/c13-9-15-10(18-12(8-20)4-1-2-5-12)17-11(16-9)19-7-3-6-14-19/h3,6-7,20H,1-2,4-5,8H2,(H,15,16,17,18). The Kier molecular flexibility index (Phi) is 3.54. The first kappa shape index (κ1) is 13.3. The molecule has 0 unspecified atom stereocenters. The summed E-state index contributed by atoms with van der Waals surface area (Å²) in [5.41, 5.74) is -0.355. The molecule has 2 heterocycles. The number of anilines is 1. The van der Waals surface area contributed by atoms with E-state index in [-0.39, 0.29) is 17.4 Å². The van der Waals surface area contributed by atoms with E-state index in [0.717, 1.165) is 25.7 Å². The van der Waals surface area contributed by atoms with E-state index in [1.165, 1.54) is 4.68 Å². The minimum Gasteiger partial charge on any atom is -0.394 e. The highest BCUT2D eigenvalue weighted by molar-refractivity contribution is 6.28. The SMILES string of the molecule is OCC1(Nc2nc(Cl)nc(-n3cccn3)n2)CCCC1.